The standard InChI is InChI=1S/C21H25NO5/c1-22(14-17-15-26-18-5-2-3-6-20(18)27-17)9-4-10-23-16-7-8-19-21(13-16)25-12-11-24-19/h2-3,5-8,13,17H,4,9-12,14-15H2,1H3/t17-/m0/s1. The number of hydrogen-bond donors (Lipinski definition) is 0. The van der Waals surface area contributed by atoms with Gasteiger partial charge in [0.25, 0.3) is 0 Å². The molecule has 2 heterocycles. The van der Waals surface area contributed by atoms with Crippen molar-refractivity contribution in [2.75, 3.05) is 46.6 Å². The van der Waals surface area contributed by atoms with Gasteiger partial charge in [0.15, 0.2) is 23.0 Å². The Morgan fingerprint density at radius 1 is 0.963 bits per heavy atom. The first-order valence-corrected chi connectivity index (χ1v) is 9.37. The molecular formula is C21H25NO5. The minimum Gasteiger partial charge on any atom is -0.493 e. The van der Waals surface area contributed by atoms with Crippen molar-refractivity contribution in [3.05, 3.63) is 42.5 Å². The topological polar surface area (TPSA) is 49.4 Å². The van der Waals surface area contributed by atoms with Crippen LogP contribution in [0.1, 0.15) is 6.42 Å². The molecule has 2 aromatic carbocycles. The third-order valence-electron chi connectivity index (χ3n) is 4.55. The normalized spacial score (nSPS) is 17.6. The van der Waals surface area contributed by atoms with Crippen molar-refractivity contribution in [2.45, 2.75) is 12.5 Å². The molecule has 0 bridgehead atoms. The van der Waals surface area contributed by atoms with Crippen LogP contribution in [-0.2, 0) is 0 Å². The maximum Gasteiger partial charge on any atom is 0.165 e. The van der Waals surface area contributed by atoms with E-state index in [2.05, 4.69) is 11.9 Å². The highest BCUT2D eigenvalue weighted by Gasteiger charge is 2.21. The number of likely N-dealkylation sites (N-methyl/N-ethyl adjacent to an activating group) is 1. The first kappa shape index (κ1) is 17.8. The summed E-state index contributed by atoms with van der Waals surface area (Å²) in [6, 6.07) is 13.5. The molecule has 27 heavy (non-hydrogen) atoms. The Labute approximate surface area is 159 Å². The maximum atomic E-state index is 6.01. The lowest BCUT2D eigenvalue weighted by molar-refractivity contribution is 0.0643. The lowest BCUT2D eigenvalue weighted by Gasteiger charge is -2.29. The number of rotatable bonds is 7. The Balaban J connectivity index is 1.17. The molecule has 0 spiro atoms. The molecule has 0 N–H and O–H groups in total. The Morgan fingerprint density at radius 3 is 2.63 bits per heavy atom. The molecule has 6 nitrogen and oxygen atoms in total. The number of hydrogen-bond acceptors (Lipinski definition) is 6. The highest BCUT2D eigenvalue weighted by Crippen LogP contribution is 2.33. The Bertz CT molecular complexity index is 766. The van der Waals surface area contributed by atoms with Crippen LogP contribution in [-0.4, -0.2) is 57.6 Å². The van der Waals surface area contributed by atoms with Crippen LogP contribution in [0.15, 0.2) is 42.5 Å². The molecule has 0 unspecified atom stereocenters. The molecule has 2 aliphatic rings. The second-order valence-electron chi connectivity index (χ2n) is 6.77. The van der Waals surface area contributed by atoms with Crippen molar-refractivity contribution in [3.63, 3.8) is 0 Å². The zero-order valence-electron chi connectivity index (χ0n) is 15.6. The molecule has 2 aromatic rings. The van der Waals surface area contributed by atoms with Gasteiger partial charge in [0, 0.05) is 19.2 Å². The van der Waals surface area contributed by atoms with Gasteiger partial charge >= 0.3 is 0 Å². The SMILES string of the molecule is CN(CCCOc1ccc2c(c1)OCCO2)C[C@H]1COc2ccccc2O1. The molecule has 0 saturated carbocycles. The van der Waals surface area contributed by atoms with E-state index in [0.29, 0.717) is 26.4 Å². The predicted molar refractivity (Wildman–Crippen MR) is 101 cm³/mol. The molecule has 144 valence electrons. The molecular weight excluding hydrogens is 346 g/mol. The third-order valence-corrected chi connectivity index (χ3v) is 4.55. The first-order chi connectivity index (χ1) is 13.3. The van der Waals surface area contributed by atoms with E-state index >= 15 is 0 Å². The molecule has 0 radical (unpaired) electrons. The van der Waals surface area contributed by atoms with Crippen LogP contribution in [0, 0.1) is 0 Å². The molecule has 6 heteroatoms. The summed E-state index contributed by atoms with van der Waals surface area (Å²) in [7, 11) is 2.09. The van der Waals surface area contributed by atoms with Crippen molar-refractivity contribution in [1.29, 1.82) is 0 Å². The Morgan fingerprint density at radius 2 is 1.74 bits per heavy atom. The fraction of sp³-hybridized carbons (Fsp3) is 0.429. The van der Waals surface area contributed by atoms with E-state index in [4.69, 9.17) is 23.7 Å². The summed E-state index contributed by atoms with van der Waals surface area (Å²) in [6.07, 6.45) is 0.971. The lowest BCUT2D eigenvalue weighted by atomic mass is 10.2. The summed E-state index contributed by atoms with van der Waals surface area (Å²) < 4.78 is 28.7. The van der Waals surface area contributed by atoms with E-state index < -0.39 is 0 Å². The van der Waals surface area contributed by atoms with Gasteiger partial charge in [-0.15, -0.1) is 0 Å². The second-order valence-corrected chi connectivity index (χ2v) is 6.77. The van der Waals surface area contributed by atoms with Crippen LogP contribution in [0.2, 0.25) is 0 Å². The molecule has 0 amide bonds. The predicted octanol–water partition coefficient (Wildman–Crippen LogP) is 3.00. The maximum absolute atomic E-state index is 6.01. The largest absolute Gasteiger partial charge is 0.493 e. The highest BCUT2D eigenvalue weighted by molar-refractivity contribution is 5.46. The highest BCUT2D eigenvalue weighted by atomic mass is 16.6. The molecule has 0 fully saturated rings. The molecule has 1 atom stereocenters. The van der Waals surface area contributed by atoms with Gasteiger partial charge in [-0.3, -0.25) is 0 Å². The van der Waals surface area contributed by atoms with Crippen LogP contribution >= 0.6 is 0 Å². The van der Waals surface area contributed by atoms with Gasteiger partial charge in [0.2, 0.25) is 0 Å². The Kier molecular flexibility index (Phi) is 5.53. The summed E-state index contributed by atoms with van der Waals surface area (Å²) in [5, 5.41) is 0. The average Bonchev–Trinajstić information content (AvgIpc) is 2.71. The number of ether oxygens (including phenoxy) is 5. The van der Waals surface area contributed by atoms with Crippen LogP contribution in [0.4, 0.5) is 0 Å². The smallest absolute Gasteiger partial charge is 0.165 e. The fourth-order valence-corrected chi connectivity index (χ4v) is 3.23. The van der Waals surface area contributed by atoms with Crippen LogP contribution in [0.25, 0.3) is 0 Å². The number of nitrogens with zero attached hydrogens (tertiary/aromatic N) is 1. The average molecular weight is 371 g/mol. The van der Waals surface area contributed by atoms with Crippen LogP contribution < -0.4 is 23.7 Å². The zero-order chi connectivity index (χ0) is 18.5. The summed E-state index contributed by atoms with van der Waals surface area (Å²) in [5.74, 6) is 3.99. The van der Waals surface area contributed by atoms with Crippen LogP contribution in [0.3, 0.4) is 0 Å². The van der Waals surface area contributed by atoms with Crippen LogP contribution in [0.5, 0.6) is 28.7 Å². The van der Waals surface area contributed by atoms with Crippen molar-refractivity contribution in [1.82, 2.24) is 4.90 Å². The summed E-state index contributed by atoms with van der Waals surface area (Å²) in [4.78, 5) is 2.25. The minimum atomic E-state index is 0.0450. The first-order valence-electron chi connectivity index (χ1n) is 9.37. The Hall–Kier alpha value is -2.60. The van der Waals surface area contributed by atoms with Gasteiger partial charge < -0.3 is 28.6 Å². The van der Waals surface area contributed by atoms with Gasteiger partial charge in [-0.05, 0) is 37.7 Å². The quantitative estimate of drug-likeness (QED) is 0.698. The van der Waals surface area contributed by atoms with E-state index in [1.54, 1.807) is 0 Å². The van der Waals surface area contributed by atoms with Crippen molar-refractivity contribution < 1.29 is 23.7 Å². The van der Waals surface area contributed by atoms with Gasteiger partial charge in [0.1, 0.15) is 31.7 Å². The van der Waals surface area contributed by atoms with Gasteiger partial charge in [-0.25, -0.2) is 0 Å². The number of fused-ring (bicyclic) bond motifs is 2. The molecule has 0 saturated heterocycles. The molecule has 0 aromatic heterocycles. The fourth-order valence-electron chi connectivity index (χ4n) is 3.23. The van der Waals surface area contributed by atoms with E-state index in [1.165, 1.54) is 0 Å². The van der Waals surface area contributed by atoms with Crippen molar-refractivity contribution >= 4 is 0 Å². The van der Waals surface area contributed by atoms with Crippen molar-refractivity contribution in [3.8, 4) is 28.7 Å². The number of benzene rings is 2. The van der Waals surface area contributed by atoms with E-state index in [0.717, 1.165) is 48.3 Å². The van der Waals surface area contributed by atoms with E-state index in [1.807, 2.05) is 42.5 Å². The monoisotopic (exact) mass is 371 g/mol. The molecule has 4 rings (SSSR count). The summed E-state index contributed by atoms with van der Waals surface area (Å²) in [5.41, 5.74) is 0. The number of para-hydroxylation sites is 2. The van der Waals surface area contributed by atoms with Gasteiger partial charge in [-0.1, -0.05) is 12.1 Å². The lowest BCUT2D eigenvalue weighted by Crippen LogP contribution is -2.39. The third kappa shape index (κ3) is 4.57. The van der Waals surface area contributed by atoms with Crippen molar-refractivity contribution in [2.24, 2.45) is 0 Å². The minimum absolute atomic E-state index is 0.0450. The molecule has 2 aliphatic heterocycles. The van der Waals surface area contributed by atoms with Gasteiger partial charge in [0.05, 0.1) is 6.61 Å². The van der Waals surface area contributed by atoms with E-state index in [-0.39, 0.29) is 6.10 Å². The van der Waals surface area contributed by atoms with E-state index in [9.17, 15) is 0 Å². The molecule has 0 aliphatic carbocycles. The summed E-state index contributed by atoms with van der Waals surface area (Å²) >= 11 is 0. The second kappa shape index (κ2) is 8.39. The van der Waals surface area contributed by atoms with Gasteiger partial charge in [-0.2, -0.15) is 0 Å². The summed E-state index contributed by atoms with van der Waals surface area (Å²) in [6.45, 7) is 4.15. The zero-order valence-corrected chi connectivity index (χ0v) is 15.6.